The van der Waals surface area contributed by atoms with Crippen molar-refractivity contribution in [2.45, 2.75) is 38.1 Å². The van der Waals surface area contributed by atoms with Crippen LogP contribution in [0.2, 0.25) is 0 Å². The summed E-state index contributed by atoms with van der Waals surface area (Å²) >= 11 is 0. The van der Waals surface area contributed by atoms with E-state index in [1.54, 1.807) is 0 Å². The van der Waals surface area contributed by atoms with E-state index in [2.05, 4.69) is 0 Å². The van der Waals surface area contributed by atoms with E-state index in [-0.39, 0.29) is 0 Å². The Balaban J connectivity index is 2.07. The summed E-state index contributed by atoms with van der Waals surface area (Å²) in [5.74, 6) is 1.95. The van der Waals surface area contributed by atoms with Gasteiger partial charge < -0.3 is 5.73 Å². The second-order valence-corrected chi connectivity index (χ2v) is 3.60. The van der Waals surface area contributed by atoms with Gasteiger partial charge in [-0.05, 0) is 31.1 Å². The van der Waals surface area contributed by atoms with Gasteiger partial charge in [-0.15, -0.1) is 0 Å². The molecule has 2 aliphatic rings. The second kappa shape index (κ2) is 1.98. The van der Waals surface area contributed by atoms with E-state index in [0.717, 1.165) is 11.8 Å². The molecule has 2 N–H and O–H groups in total. The van der Waals surface area contributed by atoms with E-state index < -0.39 is 0 Å². The number of nitrogens with two attached hydrogens (primary N) is 1. The molecule has 2 saturated carbocycles. The summed E-state index contributed by atoms with van der Waals surface area (Å²) in [7, 11) is 0. The lowest BCUT2D eigenvalue weighted by molar-refractivity contribution is 0.421. The van der Waals surface area contributed by atoms with Crippen LogP contribution in [0.3, 0.4) is 0 Å². The Morgan fingerprint density at radius 2 is 1.89 bits per heavy atom. The molecule has 3 atom stereocenters. The summed E-state index contributed by atoms with van der Waals surface area (Å²) in [5, 5.41) is 0. The van der Waals surface area contributed by atoms with E-state index >= 15 is 0 Å². The van der Waals surface area contributed by atoms with Crippen LogP contribution in [0.1, 0.15) is 32.1 Å². The van der Waals surface area contributed by atoms with Crippen LogP contribution in [0.25, 0.3) is 0 Å². The van der Waals surface area contributed by atoms with Crippen LogP contribution in [0, 0.1) is 11.8 Å². The van der Waals surface area contributed by atoms with Gasteiger partial charge in [-0.2, -0.15) is 0 Å². The Morgan fingerprint density at radius 3 is 2.67 bits per heavy atom. The van der Waals surface area contributed by atoms with Crippen molar-refractivity contribution in [2.75, 3.05) is 0 Å². The van der Waals surface area contributed by atoms with E-state index in [9.17, 15) is 0 Å². The van der Waals surface area contributed by atoms with E-state index in [0.29, 0.717) is 6.04 Å². The molecule has 9 heavy (non-hydrogen) atoms. The van der Waals surface area contributed by atoms with Crippen molar-refractivity contribution in [2.24, 2.45) is 17.6 Å². The molecule has 0 amide bonds. The third kappa shape index (κ3) is 0.787. The Bertz CT molecular complexity index is 111. The first-order chi connectivity index (χ1) is 4.38. The lowest BCUT2D eigenvalue weighted by Gasteiger charge is -2.11. The molecule has 0 bridgehead atoms. The van der Waals surface area contributed by atoms with Gasteiger partial charge in [0, 0.05) is 6.04 Å². The summed E-state index contributed by atoms with van der Waals surface area (Å²) in [6, 6.07) is 0.567. The normalized spacial score (nSPS) is 49.7. The molecule has 0 spiro atoms. The number of hydrogen-bond donors (Lipinski definition) is 1. The highest BCUT2D eigenvalue weighted by molar-refractivity contribution is 4.91. The number of hydrogen-bond acceptors (Lipinski definition) is 1. The van der Waals surface area contributed by atoms with Gasteiger partial charge >= 0.3 is 0 Å². The lowest BCUT2D eigenvalue weighted by Crippen LogP contribution is -2.24. The zero-order chi connectivity index (χ0) is 6.27. The first-order valence-electron chi connectivity index (χ1n) is 4.13. The highest BCUT2D eigenvalue weighted by Crippen LogP contribution is 2.42. The van der Waals surface area contributed by atoms with Crippen LogP contribution in [-0.4, -0.2) is 6.04 Å². The Hall–Kier alpha value is -0.0400. The quantitative estimate of drug-likeness (QED) is 0.522. The summed E-state index contributed by atoms with van der Waals surface area (Å²) < 4.78 is 0. The molecule has 0 saturated heterocycles. The first-order valence-corrected chi connectivity index (χ1v) is 4.13. The van der Waals surface area contributed by atoms with E-state index in [1.165, 1.54) is 32.1 Å². The van der Waals surface area contributed by atoms with Gasteiger partial charge in [-0.3, -0.25) is 0 Å². The smallest absolute Gasteiger partial charge is 0.00699 e. The maximum absolute atomic E-state index is 5.92. The molecule has 0 aromatic rings. The average Bonchev–Trinajstić information content (AvgIpc) is 2.35. The minimum Gasteiger partial charge on any atom is -0.327 e. The Kier molecular flexibility index (Phi) is 1.26. The molecule has 2 fully saturated rings. The van der Waals surface area contributed by atoms with Crippen LogP contribution in [0.5, 0.6) is 0 Å². The summed E-state index contributed by atoms with van der Waals surface area (Å²) in [4.78, 5) is 0. The maximum Gasteiger partial charge on any atom is 0.00699 e. The van der Waals surface area contributed by atoms with Crippen LogP contribution >= 0.6 is 0 Å². The van der Waals surface area contributed by atoms with Crippen molar-refractivity contribution in [1.82, 2.24) is 0 Å². The van der Waals surface area contributed by atoms with Crippen LogP contribution < -0.4 is 5.73 Å². The van der Waals surface area contributed by atoms with Crippen molar-refractivity contribution >= 4 is 0 Å². The fraction of sp³-hybridized carbons (Fsp3) is 1.00. The zero-order valence-electron chi connectivity index (χ0n) is 5.84. The molecule has 52 valence electrons. The first kappa shape index (κ1) is 5.72. The largest absolute Gasteiger partial charge is 0.327 e. The highest BCUT2D eigenvalue weighted by Gasteiger charge is 2.36. The molecule has 2 rings (SSSR count). The van der Waals surface area contributed by atoms with Gasteiger partial charge in [0.15, 0.2) is 0 Å². The van der Waals surface area contributed by atoms with Crippen molar-refractivity contribution in [3.63, 3.8) is 0 Å². The Labute approximate surface area is 56.6 Å². The molecule has 2 aliphatic carbocycles. The Morgan fingerprint density at radius 1 is 1.00 bits per heavy atom. The van der Waals surface area contributed by atoms with Crippen molar-refractivity contribution < 1.29 is 0 Å². The van der Waals surface area contributed by atoms with E-state index in [1.807, 2.05) is 0 Å². The van der Waals surface area contributed by atoms with Crippen LogP contribution in [0.4, 0.5) is 0 Å². The fourth-order valence-corrected chi connectivity index (χ4v) is 2.61. The average molecular weight is 125 g/mol. The molecule has 1 heteroatoms. The van der Waals surface area contributed by atoms with Gasteiger partial charge in [0.25, 0.3) is 0 Å². The molecule has 0 heterocycles. The van der Waals surface area contributed by atoms with Crippen LogP contribution in [-0.2, 0) is 0 Å². The van der Waals surface area contributed by atoms with Gasteiger partial charge in [0.05, 0.1) is 0 Å². The van der Waals surface area contributed by atoms with E-state index in [4.69, 9.17) is 5.73 Å². The van der Waals surface area contributed by atoms with Gasteiger partial charge in [0.1, 0.15) is 0 Å². The second-order valence-electron chi connectivity index (χ2n) is 3.60. The number of rotatable bonds is 0. The van der Waals surface area contributed by atoms with Gasteiger partial charge in [-0.1, -0.05) is 12.8 Å². The molecular weight excluding hydrogens is 110 g/mol. The minimum atomic E-state index is 0.567. The molecule has 0 aliphatic heterocycles. The van der Waals surface area contributed by atoms with Crippen LogP contribution in [0.15, 0.2) is 0 Å². The zero-order valence-corrected chi connectivity index (χ0v) is 5.84. The molecule has 1 nitrogen and oxygen atoms in total. The topological polar surface area (TPSA) is 26.0 Å². The monoisotopic (exact) mass is 125 g/mol. The molecule has 3 unspecified atom stereocenters. The molecule has 0 aromatic carbocycles. The molecular formula is C8H15N. The third-order valence-corrected chi connectivity index (χ3v) is 3.14. The predicted molar refractivity (Wildman–Crippen MR) is 38.0 cm³/mol. The molecule has 0 radical (unpaired) electrons. The fourth-order valence-electron chi connectivity index (χ4n) is 2.61. The molecule has 0 aromatic heterocycles. The van der Waals surface area contributed by atoms with Gasteiger partial charge in [-0.25, -0.2) is 0 Å². The lowest BCUT2D eigenvalue weighted by atomic mass is 9.98. The van der Waals surface area contributed by atoms with Crippen molar-refractivity contribution in [1.29, 1.82) is 0 Å². The van der Waals surface area contributed by atoms with Crippen molar-refractivity contribution in [3.8, 4) is 0 Å². The third-order valence-electron chi connectivity index (χ3n) is 3.14. The summed E-state index contributed by atoms with van der Waals surface area (Å²) in [5.41, 5.74) is 5.92. The predicted octanol–water partition coefficient (Wildman–Crippen LogP) is 1.52. The van der Waals surface area contributed by atoms with Gasteiger partial charge in [0.2, 0.25) is 0 Å². The minimum absolute atomic E-state index is 0.567. The SMILES string of the molecule is NC1CCC2CCCC12. The highest BCUT2D eigenvalue weighted by atomic mass is 14.7. The standard InChI is InChI=1S/C8H15N/c9-8-5-4-6-2-1-3-7(6)8/h6-8H,1-5,9H2. The summed E-state index contributed by atoms with van der Waals surface area (Å²) in [6.45, 7) is 0. The summed E-state index contributed by atoms with van der Waals surface area (Å²) in [6.07, 6.45) is 7.06. The number of fused-ring (bicyclic) bond motifs is 1. The van der Waals surface area contributed by atoms with Crippen molar-refractivity contribution in [3.05, 3.63) is 0 Å². The maximum atomic E-state index is 5.92.